The zero-order valence-electron chi connectivity index (χ0n) is 11.3. The van der Waals surface area contributed by atoms with Crippen molar-refractivity contribution < 1.29 is 8.42 Å². The molecule has 0 spiro atoms. The van der Waals surface area contributed by atoms with Crippen LogP contribution in [0.5, 0.6) is 0 Å². The van der Waals surface area contributed by atoms with Crippen LogP contribution in [0.3, 0.4) is 0 Å². The fraction of sp³-hybridized carbons (Fsp3) is 0.636. The van der Waals surface area contributed by atoms with Crippen LogP contribution in [0, 0.1) is 6.92 Å². The molecule has 0 unspecified atom stereocenters. The van der Waals surface area contributed by atoms with Crippen molar-refractivity contribution in [2.45, 2.75) is 31.0 Å². The number of hydrogen-bond acceptors (Lipinski definition) is 5. The van der Waals surface area contributed by atoms with Crippen LogP contribution in [0.1, 0.15) is 23.8 Å². The summed E-state index contributed by atoms with van der Waals surface area (Å²) in [5.41, 5.74) is 1.02. The van der Waals surface area contributed by atoms with Gasteiger partial charge in [0.05, 0.1) is 0 Å². The van der Waals surface area contributed by atoms with Crippen molar-refractivity contribution in [3.63, 3.8) is 0 Å². The maximum absolute atomic E-state index is 12.0. The van der Waals surface area contributed by atoms with Crippen molar-refractivity contribution in [2.75, 3.05) is 20.6 Å². The minimum atomic E-state index is -3.43. The Kier molecular flexibility index (Phi) is 5.74. The molecular formula is C11H21N3O2S2. The van der Waals surface area contributed by atoms with Crippen molar-refractivity contribution in [1.82, 2.24) is 15.2 Å². The highest BCUT2D eigenvalue weighted by molar-refractivity contribution is 7.91. The molecule has 2 N–H and O–H groups in total. The van der Waals surface area contributed by atoms with Gasteiger partial charge < -0.3 is 5.32 Å². The van der Waals surface area contributed by atoms with Crippen molar-refractivity contribution in [3.05, 3.63) is 16.5 Å². The van der Waals surface area contributed by atoms with E-state index in [4.69, 9.17) is 0 Å². The van der Waals surface area contributed by atoms with E-state index < -0.39 is 10.0 Å². The first-order valence-corrected chi connectivity index (χ1v) is 8.16. The molecule has 0 radical (unpaired) electrons. The van der Waals surface area contributed by atoms with Crippen LogP contribution >= 0.6 is 11.3 Å². The molecule has 1 aromatic heterocycles. The molecule has 104 valence electrons. The fourth-order valence-electron chi connectivity index (χ4n) is 1.46. The number of sulfonamides is 1. The van der Waals surface area contributed by atoms with Gasteiger partial charge in [0, 0.05) is 25.5 Å². The zero-order valence-corrected chi connectivity index (χ0v) is 12.9. The molecule has 1 heterocycles. The van der Waals surface area contributed by atoms with Gasteiger partial charge in [-0.15, -0.1) is 16.2 Å². The lowest BCUT2D eigenvalue weighted by atomic mass is 10.3. The third-order valence-corrected chi connectivity index (χ3v) is 5.47. The Labute approximate surface area is 113 Å². The molecule has 0 fully saturated rings. The summed E-state index contributed by atoms with van der Waals surface area (Å²) in [6.45, 7) is 5.70. The molecule has 1 rings (SSSR count). The summed E-state index contributed by atoms with van der Waals surface area (Å²) in [6.07, 6.45) is 1.07. The standard InChI is InChI=1S/C11H21N3O2S2/c1-5-6-12-8-10-9(2)7-11(17-10)18(15,16)13-14(3)4/h7,12-13H,5-6,8H2,1-4H3. The molecule has 0 saturated carbocycles. The Morgan fingerprint density at radius 3 is 2.61 bits per heavy atom. The van der Waals surface area contributed by atoms with Crippen LogP contribution in [0.15, 0.2) is 10.3 Å². The molecule has 7 heteroatoms. The Balaban J connectivity index is 2.83. The molecular weight excluding hydrogens is 270 g/mol. The largest absolute Gasteiger partial charge is 0.312 e. The lowest BCUT2D eigenvalue weighted by Crippen LogP contribution is -2.35. The summed E-state index contributed by atoms with van der Waals surface area (Å²) in [5.74, 6) is 0. The lowest BCUT2D eigenvalue weighted by Gasteiger charge is -2.10. The van der Waals surface area contributed by atoms with Crippen molar-refractivity contribution in [1.29, 1.82) is 0 Å². The van der Waals surface area contributed by atoms with Crippen molar-refractivity contribution in [3.8, 4) is 0 Å². The predicted molar refractivity (Wildman–Crippen MR) is 75.1 cm³/mol. The predicted octanol–water partition coefficient (Wildman–Crippen LogP) is 1.31. The number of thiophene rings is 1. The highest BCUT2D eigenvalue weighted by atomic mass is 32.2. The Morgan fingerprint density at radius 1 is 1.39 bits per heavy atom. The quantitative estimate of drug-likeness (QED) is 0.587. The molecule has 5 nitrogen and oxygen atoms in total. The Bertz CT molecular complexity index is 480. The van der Waals surface area contributed by atoms with Crippen LogP contribution < -0.4 is 10.1 Å². The maximum Gasteiger partial charge on any atom is 0.262 e. The van der Waals surface area contributed by atoms with E-state index >= 15 is 0 Å². The normalized spacial score (nSPS) is 12.3. The van der Waals surface area contributed by atoms with Gasteiger partial charge >= 0.3 is 0 Å². The summed E-state index contributed by atoms with van der Waals surface area (Å²) < 4.78 is 24.3. The van der Waals surface area contributed by atoms with Crippen LogP contribution in [0.2, 0.25) is 0 Å². The molecule has 0 aliphatic heterocycles. The second-order valence-electron chi connectivity index (χ2n) is 4.34. The topological polar surface area (TPSA) is 61.4 Å². The van der Waals surface area contributed by atoms with Crippen LogP contribution in [-0.2, 0) is 16.6 Å². The third kappa shape index (κ3) is 4.33. The fourth-order valence-corrected chi connectivity index (χ4v) is 4.09. The van der Waals surface area contributed by atoms with E-state index in [1.54, 1.807) is 20.2 Å². The highest BCUT2D eigenvalue weighted by Gasteiger charge is 2.19. The van der Waals surface area contributed by atoms with E-state index in [2.05, 4.69) is 17.1 Å². The van der Waals surface area contributed by atoms with Gasteiger partial charge in [-0.3, -0.25) is 0 Å². The molecule has 0 amide bonds. The smallest absolute Gasteiger partial charge is 0.262 e. The number of nitrogens with one attached hydrogen (secondary N) is 2. The molecule has 0 saturated heterocycles. The summed E-state index contributed by atoms with van der Waals surface area (Å²) in [4.78, 5) is 3.51. The number of aryl methyl sites for hydroxylation is 1. The number of hydrogen-bond donors (Lipinski definition) is 2. The number of nitrogens with zero attached hydrogens (tertiary/aromatic N) is 1. The summed E-state index contributed by atoms with van der Waals surface area (Å²) >= 11 is 1.32. The van der Waals surface area contributed by atoms with Gasteiger partial charge in [0.15, 0.2) is 0 Å². The average Bonchev–Trinajstić information content (AvgIpc) is 2.60. The number of rotatable bonds is 7. The molecule has 1 aromatic rings. The van der Waals surface area contributed by atoms with Gasteiger partial charge in [-0.1, -0.05) is 6.92 Å². The van der Waals surface area contributed by atoms with Crippen LogP contribution in [-0.4, -0.2) is 34.1 Å². The van der Waals surface area contributed by atoms with Crippen molar-refractivity contribution in [2.24, 2.45) is 0 Å². The molecule has 0 atom stereocenters. The van der Waals surface area contributed by atoms with E-state index in [1.807, 2.05) is 6.92 Å². The summed E-state index contributed by atoms with van der Waals surface area (Å²) in [7, 11) is -0.116. The first-order valence-electron chi connectivity index (χ1n) is 5.86. The molecule has 0 aliphatic rings. The van der Waals surface area contributed by atoms with Crippen LogP contribution in [0.25, 0.3) is 0 Å². The minimum absolute atomic E-state index is 0.363. The van der Waals surface area contributed by atoms with E-state index in [-0.39, 0.29) is 0 Å². The zero-order chi connectivity index (χ0) is 13.8. The van der Waals surface area contributed by atoms with E-state index in [9.17, 15) is 8.42 Å². The monoisotopic (exact) mass is 291 g/mol. The van der Waals surface area contributed by atoms with Crippen LogP contribution in [0.4, 0.5) is 0 Å². The Hall–Kier alpha value is -0.470. The second kappa shape index (κ2) is 6.63. The van der Waals surface area contributed by atoms with Crippen molar-refractivity contribution >= 4 is 21.4 Å². The van der Waals surface area contributed by atoms with Gasteiger partial charge in [-0.25, -0.2) is 13.4 Å². The SMILES string of the molecule is CCCNCc1sc(S(=O)(=O)NN(C)C)cc1C. The first-order chi connectivity index (χ1) is 8.36. The minimum Gasteiger partial charge on any atom is -0.312 e. The second-order valence-corrected chi connectivity index (χ2v) is 7.36. The Morgan fingerprint density at radius 2 is 2.06 bits per heavy atom. The third-order valence-electron chi connectivity index (χ3n) is 2.28. The first kappa shape index (κ1) is 15.6. The van der Waals surface area contributed by atoms with Gasteiger partial charge in [0.1, 0.15) is 4.21 Å². The molecule has 0 bridgehead atoms. The van der Waals surface area contributed by atoms with Gasteiger partial charge in [-0.05, 0) is 31.5 Å². The van der Waals surface area contributed by atoms with Gasteiger partial charge in [0.2, 0.25) is 0 Å². The van der Waals surface area contributed by atoms with E-state index in [0.29, 0.717) is 4.21 Å². The molecule has 18 heavy (non-hydrogen) atoms. The lowest BCUT2D eigenvalue weighted by molar-refractivity contribution is 0.364. The molecule has 0 aliphatic carbocycles. The number of hydrazine groups is 1. The van der Waals surface area contributed by atoms with E-state index in [0.717, 1.165) is 30.0 Å². The summed E-state index contributed by atoms with van der Waals surface area (Å²) in [5, 5.41) is 4.71. The molecule has 0 aromatic carbocycles. The van der Waals surface area contributed by atoms with Gasteiger partial charge in [-0.2, -0.15) is 0 Å². The van der Waals surface area contributed by atoms with Gasteiger partial charge in [0.25, 0.3) is 10.0 Å². The van der Waals surface area contributed by atoms with E-state index in [1.165, 1.54) is 16.3 Å². The highest BCUT2D eigenvalue weighted by Crippen LogP contribution is 2.25. The maximum atomic E-state index is 12.0. The summed E-state index contributed by atoms with van der Waals surface area (Å²) in [6, 6.07) is 1.72. The average molecular weight is 291 g/mol.